The summed E-state index contributed by atoms with van der Waals surface area (Å²) in [6.45, 7) is 1.80. The smallest absolute Gasteiger partial charge is 0.320 e. The van der Waals surface area contributed by atoms with Crippen LogP contribution in [-0.4, -0.2) is 4.98 Å². The lowest BCUT2D eigenvalue weighted by Gasteiger charge is -2.18. The van der Waals surface area contributed by atoms with Crippen molar-refractivity contribution in [1.29, 1.82) is 0 Å². The fourth-order valence-corrected chi connectivity index (χ4v) is 2.33. The highest BCUT2D eigenvalue weighted by molar-refractivity contribution is 6.30. The summed E-state index contributed by atoms with van der Waals surface area (Å²) < 4.78 is 38.9. The Labute approximate surface area is 119 Å². The maximum atomic E-state index is 13.0. The summed E-state index contributed by atoms with van der Waals surface area (Å²) in [5.41, 5.74) is 6.46. The van der Waals surface area contributed by atoms with Crippen LogP contribution in [0.15, 0.2) is 36.7 Å². The molecule has 0 aliphatic heterocycles. The molecule has 0 fully saturated rings. The van der Waals surface area contributed by atoms with Gasteiger partial charge < -0.3 is 5.73 Å². The van der Waals surface area contributed by atoms with Gasteiger partial charge in [0.05, 0.1) is 11.6 Å². The standard InChI is InChI=1S/C14H12ClF3N2/c1-8-4-9(6-10(15)5-8)13(19)11-7-20-3-2-12(11)14(16,17)18/h2-7,13H,19H2,1H3. The number of aromatic nitrogens is 1. The lowest BCUT2D eigenvalue weighted by Crippen LogP contribution is -2.19. The molecule has 0 aliphatic carbocycles. The molecule has 20 heavy (non-hydrogen) atoms. The van der Waals surface area contributed by atoms with Crippen LogP contribution < -0.4 is 5.73 Å². The normalized spacial score (nSPS) is 13.3. The Bertz CT molecular complexity index is 606. The van der Waals surface area contributed by atoms with Crippen LogP contribution in [0.2, 0.25) is 5.02 Å². The van der Waals surface area contributed by atoms with Crippen LogP contribution in [0, 0.1) is 6.92 Å². The third-order valence-corrected chi connectivity index (χ3v) is 3.13. The zero-order valence-electron chi connectivity index (χ0n) is 10.6. The molecule has 6 heteroatoms. The molecule has 0 bridgehead atoms. The van der Waals surface area contributed by atoms with Gasteiger partial charge in [-0.1, -0.05) is 17.7 Å². The van der Waals surface area contributed by atoms with Gasteiger partial charge in [0.15, 0.2) is 0 Å². The van der Waals surface area contributed by atoms with Crippen molar-refractivity contribution in [2.75, 3.05) is 0 Å². The maximum absolute atomic E-state index is 13.0. The highest BCUT2D eigenvalue weighted by Crippen LogP contribution is 2.35. The van der Waals surface area contributed by atoms with Crippen molar-refractivity contribution in [3.8, 4) is 0 Å². The minimum atomic E-state index is -4.47. The summed E-state index contributed by atoms with van der Waals surface area (Å²) in [5.74, 6) is 0. The summed E-state index contributed by atoms with van der Waals surface area (Å²) in [4.78, 5) is 3.74. The topological polar surface area (TPSA) is 38.9 Å². The van der Waals surface area contributed by atoms with Gasteiger partial charge in [-0.05, 0) is 36.2 Å². The van der Waals surface area contributed by atoms with Crippen LogP contribution in [-0.2, 0) is 6.18 Å². The monoisotopic (exact) mass is 300 g/mol. The Balaban J connectivity index is 2.51. The van der Waals surface area contributed by atoms with E-state index in [1.54, 1.807) is 25.1 Å². The molecule has 0 saturated heterocycles. The second kappa shape index (κ2) is 5.42. The van der Waals surface area contributed by atoms with Gasteiger partial charge in [0, 0.05) is 23.0 Å². The third-order valence-electron chi connectivity index (χ3n) is 2.92. The molecule has 0 spiro atoms. The van der Waals surface area contributed by atoms with Crippen molar-refractivity contribution in [1.82, 2.24) is 4.98 Å². The first-order valence-corrected chi connectivity index (χ1v) is 6.20. The van der Waals surface area contributed by atoms with Crippen molar-refractivity contribution in [3.63, 3.8) is 0 Å². The Morgan fingerprint density at radius 1 is 1.25 bits per heavy atom. The average molecular weight is 301 g/mol. The fraction of sp³-hybridized carbons (Fsp3) is 0.214. The van der Waals surface area contributed by atoms with Crippen LogP contribution in [0.25, 0.3) is 0 Å². The number of rotatable bonds is 2. The van der Waals surface area contributed by atoms with Gasteiger partial charge in [0.2, 0.25) is 0 Å². The number of hydrogen-bond acceptors (Lipinski definition) is 2. The zero-order chi connectivity index (χ0) is 14.9. The minimum Gasteiger partial charge on any atom is -0.320 e. The van der Waals surface area contributed by atoms with Crippen molar-refractivity contribution < 1.29 is 13.2 Å². The van der Waals surface area contributed by atoms with Crippen LogP contribution in [0.4, 0.5) is 13.2 Å². The first-order valence-electron chi connectivity index (χ1n) is 5.83. The summed E-state index contributed by atoms with van der Waals surface area (Å²) >= 11 is 5.92. The van der Waals surface area contributed by atoms with Crippen LogP contribution in [0.3, 0.4) is 0 Å². The summed E-state index contributed by atoms with van der Waals surface area (Å²) in [7, 11) is 0. The number of nitrogens with two attached hydrogens (primary N) is 1. The minimum absolute atomic E-state index is 0.0679. The number of halogens is 4. The van der Waals surface area contributed by atoms with Gasteiger partial charge in [0.25, 0.3) is 0 Å². The first kappa shape index (κ1) is 14.8. The third kappa shape index (κ3) is 3.11. The number of pyridine rings is 1. The SMILES string of the molecule is Cc1cc(Cl)cc(C(N)c2cnccc2C(F)(F)F)c1. The molecule has 2 nitrogen and oxygen atoms in total. The maximum Gasteiger partial charge on any atom is 0.416 e. The van der Waals surface area contributed by atoms with Crippen LogP contribution >= 0.6 is 11.6 Å². The predicted octanol–water partition coefficient (Wildman–Crippen LogP) is 4.11. The van der Waals surface area contributed by atoms with Crippen LogP contribution in [0.1, 0.15) is 28.3 Å². The molecule has 0 saturated carbocycles. The van der Waals surface area contributed by atoms with E-state index in [0.717, 1.165) is 24.0 Å². The van der Waals surface area contributed by atoms with E-state index in [2.05, 4.69) is 4.98 Å². The highest BCUT2D eigenvalue weighted by Gasteiger charge is 2.34. The molecule has 0 radical (unpaired) electrons. The summed E-state index contributed by atoms with van der Waals surface area (Å²) in [6, 6.07) is 4.98. The molecule has 2 N–H and O–H groups in total. The van der Waals surface area contributed by atoms with E-state index >= 15 is 0 Å². The number of benzene rings is 1. The Morgan fingerprint density at radius 3 is 2.55 bits per heavy atom. The van der Waals surface area contributed by atoms with Gasteiger partial charge in [-0.25, -0.2) is 0 Å². The van der Waals surface area contributed by atoms with E-state index in [1.165, 1.54) is 0 Å². The Morgan fingerprint density at radius 2 is 1.95 bits per heavy atom. The molecular formula is C14H12ClF3N2. The van der Waals surface area contributed by atoms with Gasteiger partial charge in [0.1, 0.15) is 0 Å². The van der Waals surface area contributed by atoms with E-state index in [0.29, 0.717) is 10.6 Å². The first-order chi connectivity index (χ1) is 9.29. The lowest BCUT2D eigenvalue weighted by atomic mass is 9.95. The molecule has 1 aromatic carbocycles. The quantitative estimate of drug-likeness (QED) is 0.906. The van der Waals surface area contributed by atoms with Gasteiger partial charge >= 0.3 is 6.18 Å². The zero-order valence-corrected chi connectivity index (χ0v) is 11.3. The molecule has 106 valence electrons. The molecular weight excluding hydrogens is 289 g/mol. The van der Waals surface area contributed by atoms with Crippen molar-refractivity contribution in [2.45, 2.75) is 19.1 Å². The molecule has 1 heterocycles. The molecule has 2 aromatic rings. The fourth-order valence-electron chi connectivity index (χ4n) is 2.04. The van der Waals surface area contributed by atoms with E-state index in [-0.39, 0.29) is 5.56 Å². The second-order valence-corrected chi connectivity index (χ2v) is 4.94. The largest absolute Gasteiger partial charge is 0.416 e. The van der Waals surface area contributed by atoms with E-state index in [9.17, 15) is 13.2 Å². The molecule has 2 rings (SSSR count). The number of hydrogen-bond donors (Lipinski definition) is 1. The lowest BCUT2D eigenvalue weighted by molar-refractivity contribution is -0.138. The molecule has 0 aliphatic rings. The van der Waals surface area contributed by atoms with Crippen LogP contribution in [0.5, 0.6) is 0 Å². The molecule has 1 atom stereocenters. The number of nitrogens with zero attached hydrogens (tertiary/aromatic N) is 1. The number of alkyl halides is 3. The Kier molecular flexibility index (Phi) is 4.01. The molecule has 1 unspecified atom stereocenters. The van der Waals surface area contributed by atoms with Gasteiger partial charge in [-0.2, -0.15) is 13.2 Å². The van der Waals surface area contributed by atoms with Crippen molar-refractivity contribution in [2.24, 2.45) is 5.73 Å². The highest BCUT2D eigenvalue weighted by atomic mass is 35.5. The molecule has 0 amide bonds. The Hall–Kier alpha value is -1.59. The van der Waals surface area contributed by atoms with Gasteiger partial charge in [-0.3, -0.25) is 4.98 Å². The van der Waals surface area contributed by atoms with Crippen molar-refractivity contribution in [3.05, 3.63) is 63.9 Å². The van der Waals surface area contributed by atoms with Gasteiger partial charge in [-0.15, -0.1) is 0 Å². The second-order valence-electron chi connectivity index (χ2n) is 4.50. The predicted molar refractivity (Wildman–Crippen MR) is 71.5 cm³/mol. The molecule has 1 aromatic heterocycles. The summed E-state index contributed by atoms with van der Waals surface area (Å²) in [5, 5.41) is 0.438. The van der Waals surface area contributed by atoms with E-state index < -0.39 is 17.8 Å². The summed E-state index contributed by atoms with van der Waals surface area (Å²) in [6.07, 6.45) is -2.23. The average Bonchev–Trinajstić information content (AvgIpc) is 2.35. The van der Waals surface area contributed by atoms with E-state index in [4.69, 9.17) is 17.3 Å². The van der Waals surface area contributed by atoms with Crippen molar-refractivity contribution >= 4 is 11.6 Å². The number of aryl methyl sites for hydroxylation is 1. The van der Waals surface area contributed by atoms with E-state index in [1.807, 2.05) is 0 Å².